The van der Waals surface area contributed by atoms with Crippen molar-refractivity contribution in [1.82, 2.24) is 15.5 Å². The third-order valence-electron chi connectivity index (χ3n) is 5.16. The van der Waals surface area contributed by atoms with Gasteiger partial charge in [-0.15, -0.1) is 0 Å². The standard InChI is InChI=1S/C18H31N3O4/c1-13-10-14(17(23)24)12-21(11-13)16(22)8-5-9-19-18(25)20-15-6-3-2-4-7-15/h13-15H,2-12H2,1H3,(H,23,24)(H2,19,20,25). The minimum absolute atomic E-state index is 0.0210. The molecular formula is C18H31N3O4. The number of rotatable bonds is 6. The molecule has 3 N–H and O–H groups in total. The Morgan fingerprint density at radius 2 is 1.84 bits per heavy atom. The van der Waals surface area contributed by atoms with Gasteiger partial charge in [-0.1, -0.05) is 26.2 Å². The van der Waals surface area contributed by atoms with Gasteiger partial charge in [0.1, 0.15) is 0 Å². The molecule has 1 saturated heterocycles. The maximum Gasteiger partial charge on any atom is 0.315 e. The molecule has 2 unspecified atom stereocenters. The van der Waals surface area contributed by atoms with Crippen LogP contribution in [-0.4, -0.2) is 53.6 Å². The smallest absolute Gasteiger partial charge is 0.315 e. The second kappa shape index (κ2) is 9.63. The van der Waals surface area contributed by atoms with Crippen LogP contribution in [0, 0.1) is 11.8 Å². The summed E-state index contributed by atoms with van der Waals surface area (Å²) in [5.74, 6) is -1.11. The minimum Gasteiger partial charge on any atom is -0.481 e. The number of carboxylic acids is 1. The predicted octanol–water partition coefficient (Wildman–Crippen LogP) is 1.97. The van der Waals surface area contributed by atoms with E-state index in [-0.39, 0.29) is 23.9 Å². The fraction of sp³-hybridized carbons (Fsp3) is 0.833. The van der Waals surface area contributed by atoms with Gasteiger partial charge in [0.2, 0.25) is 5.91 Å². The predicted molar refractivity (Wildman–Crippen MR) is 94.1 cm³/mol. The molecule has 2 atom stereocenters. The molecule has 2 rings (SSSR count). The number of aliphatic carboxylic acids is 1. The Bertz CT molecular complexity index is 477. The highest BCUT2D eigenvalue weighted by Gasteiger charge is 2.31. The van der Waals surface area contributed by atoms with E-state index in [4.69, 9.17) is 0 Å². The van der Waals surface area contributed by atoms with Gasteiger partial charge in [-0.3, -0.25) is 9.59 Å². The van der Waals surface area contributed by atoms with Gasteiger partial charge < -0.3 is 20.6 Å². The molecule has 1 aliphatic carbocycles. The molecule has 2 fully saturated rings. The van der Waals surface area contributed by atoms with E-state index < -0.39 is 11.9 Å². The number of carbonyl (C=O) groups excluding carboxylic acids is 2. The lowest BCUT2D eigenvalue weighted by molar-refractivity contribution is -0.146. The quantitative estimate of drug-likeness (QED) is 0.636. The average molecular weight is 353 g/mol. The summed E-state index contributed by atoms with van der Waals surface area (Å²) < 4.78 is 0. The molecule has 1 aliphatic heterocycles. The Balaban J connectivity index is 1.62. The first-order chi connectivity index (χ1) is 12.0. The summed E-state index contributed by atoms with van der Waals surface area (Å²) in [6.07, 6.45) is 7.22. The van der Waals surface area contributed by atoms with Crippen LogP contribution >= 0.6 is 0 Å². The first-order valence-corrected chi connectivity index (χ1v) is 9.50. The Morgan fingerprint density at radius 3 is 2.52 bits per heavy atom. The number of likely N-dealkylation sites (tertiary alicyclic amines) is 1. The molecule has 3 amide bonds. The molecule has 7 heteroatoms. The van der Waals surface area contributed by atoms with E-state index in [1.165, 1.54) is 19.3 Å². The van der Waals surface area contributed by atoms with E-state index >= 15 is 0 Å². The van der Waals surface area contributed by atoms with E-state index in [0.29, 0.717) is 38.9 Å². The summed E-state index contributed by atoms with van der Waals surface area (Å²) in [5, 5.41) is 15.0. The Hall–Kier alpha value is -1.79. The average Bonchev–Trinajstić information content (AvgIpc) is 2.58. The van der Waals surface area contributed by atoms with E-state index in [1.807, 2.05) is 6.92 Å². The van der Waals surface area contributed by atoms with Crippen molar-refractivity contribution in [2.45, 2.75) is 64.3 Å². The van der Waals surface area contributed by atoms with Gasteiger partial charge in [-0.05, 0) is 31.6 Å². The Morgan fingerprint density at radius 1 is 1.12 bits per heavy atom. The molecule has 25 heavy (non-hydrogen) atoms. The van der Waals surface area contributed by atoms with Gasteiger partial charge >= 0.3 is 12.0 Å². The van der Waals surface area contributed by atoms with Crippen molar-refractivity contribution in [1.29, 1.82) is 0 Å². The number of carbonyl (C=O) groups is 3. The van der Waals surface area contributed by atoms with Crippen LogP contribution in [0.5, 0.6) is 0 Å². The van der Waals surface area contributed by atoms with E-state index in [9.17, 15) is 19.5 Å². The number of amides is 3. The number of hydrogen-bond acceptors (Lipinski definition) is 3. The molecule has 0 aromatic carbocycles. The normalized spacial score (nSPS) is 24.6. The molecule has 142 valence electrons. The van der Waals surface area contributed by atoms with Gasteiger partial charge in [-0.25, -0.2) is 4.79 Å². The van der Waals surface area contributed by atoms with Crippen LogP contribution in [0.4, 0.5) is 4.79 Å². The maximum absolute atomic E-state index is 12.3. The second-order valence-electron chi connectivity index (χ2n) is 7.51. The van der Waals surface area contributed by atoms with Crippen LogP contribution in [-0.2, 0) is 9.59 Å². The van der Waals surface area contributed by atoms with Crippen LogP contribution in [0.25, 0.3) is 0 Å². The minimum atomic E-state index is -0.828. The summed E-state index contributed by atoms with van der Waals surface area (Å²) in [5.41, 5.74) is 0. The number of nitrogens with zero attached hydrogens (tertiary/aromatic N) is 1. The molecule has 0 radical (unpaired) electrons. The van der Waals surface area contributed by atoms with Gasteiger partial charge in [-0.2, -0.15) is 0 Å². The molecule has 0 aromatic rings. The highest BCUT2D eigenvalue weighted by atomic mass is 16.4. The third kappa shape index (κ3) is 6.55. The zero-order chi connectivity index (χ0) is 18.2. The lowest BCUT2D eigenvalue weighted by atomic mass is 9.90. The number of hydrogen-bond donors (Lipinski definition) is 3. The third-order valence-corrected chi connectivity index (χ3v) is 5.16. The molecule has 1 heterocycles. The lowest BCUT2D eigenvalue weighted by Crippen LogP contribution is -2.46. The van der Waals surface area contributed by atoms with Gasteiger partial charge in [0.25, 0.3) is 0 Å². The summed E-state index contributed by atoms with van der Waals surface area (Å²) in [4.78, 5) is 37.0. The molecule has 1 saturated carbocycles. The van der Waals surface area contributed by atoms with Gasteiger partial charge in [0, 0.05) is 32.1 Å². The van der Waals surface area contributed by atoms with Crippen molar-refractivity contribution in [3.05, 3.63) is 0 Å². The number of nitrogens with one attached hydrogen (secondary N) is 2. The highest BCUT2D eigenvalue weighted by molar-refractivity contribution is 5.78. The van der Waals surface area contributed by atoms with Crippen LogP contribution in [0.2, 0.25) is 0 Å². The first-order valence-electron chi connectivity index (χ1n) is 9.50. The van der Waals surface area contributed by atoms with Crippen molar-refractivity contribution < 1.29 is 19.5 Å². The zero-order valence-corrected chi connectivity index (χ0v) is 15.1. The number of urea groups is 1. The highest BCUT2D eigenvalue weighted by Crippen LogP contribution is 2.22. The summed E-state index contributed by atoms with van der Waals surface area (Å²) >= 11 is 0. The van der Waals surface area contributed by atoms with Crippen molar-refractivity contribution in [2.24, 2.45) is 11.8 Å². The van der Waals surface area contributed by atoms with E-state index in [0.717, 1.165) is 12.8 Å². The molecule has 2 aliphatic rings. The second-order valence-corrected chi connectivity index (χ2v) is 7.51. The van der Waals surface area contributed by atoms with E-state index in [2.05, 4.69) is 10.6 Å². The van der Waals surface area contributed by atoms with Crippen LogP contribution in [0.3, 0.4) is 0 Å². The lowest BCUT2D eigenvalue weighted by Gasteiger charge is -2.34. The SMILES string of the molecule is CC1CC(C(=O)O)CN(C(=O)CCCNC(=O)NC2CCCCC2)C1. The van der Waals surface area contributed by atoms with Crippen LogP contribution < -0.4 is 10.6 Å². The molecule has 7 nitrogen and oxygen atoms in total. The topological polar surface area (TPSA) is 98.7 Å². The van der Waals surface area contributed by atoms with E-state index in [1.54, 1.807) is 4.90 Å². The summed E-state index contributed by atoms with van der Waals surface area (Å²) in [6, 6.07) is 0.120. The summed E-state index contributed by atoms with van der Waals surface area (Å²) in [6.45, 7) is 3.36. The number of piperidine rings is 1. The fourth-order valence-corrected chi connectivity index (χ4v) is 3.82. The number of carboxylic acid groups (broad SMARTS) is 1. The molecule has 0 bridgehead atoms. The molecule has 0 aromatic heterocycles. The monoisotopic (exact) mass is 353 g/mol. The van der Waals surface area contributed by atoms with Crippen molar-refractivity contribution in [3.8, 4) is 0 Å². The summed E-state index contributed by atoms with van der Waals surface area (Å²) in [7, 11) is 0. The van der Waals surface area contributed by atoms with Crippen molar-refractivity contribution in [3.63, 3.8) is 0 Å². The maximum atomic E-state index is 12.3. The van der Waals surface area contributed by atoms with Crippen molar-refractivity contribution >= 4 is 17.9 Å². The van der Waals surface area contributed by atoms with Crippen molar-refractivity contribution in [2.75, 3.05) is 19.6 Å². The van der Waals surface area contributed by atoms with Crippen LogP contribution in [0.1, 0.15) is 58.3 Å². The van der Waals surface area contributed by atoms with Gasteiger partial charge in [0.15, 0.2) is 0 Å². The Kier molecular flexibility index (Phi) is 7.52. The zero-order valence-electron chi connectivity index (χ0n) is 15.1. The van der Waals surface area contributed by atoms with Gasteiger partial charge in [0.05, 0.1) is 5.92 Å². The Labute approximate surface area is 149 Å². The molecule has 0 spiro atoms. The fourth-order valence-electron chi connectivity index (χ4n) is 3.82. The largest absolute Gasteiger partial charge is 0.481 e. The first kappa shape index (κ1) is 19.5. The van der Waals surface area contributed by atoms with Crippen LogP contribution in [0.15, 0.2) is 0 Å². The molecular weight excluding hydrogens is 322 g/mol.